The summed E-state index contributed by atoms with van der Waals surface area (Å²) in [5, 5.41) is 11.9. The maximum absolute atomic E-state index is 10.5. The van der Waals surface area contributed by atoms with Crippen LogP contribution in [0.25, 0.3) is 0 Å². The van der Waals surface area contributed by atoms with Crippen molar-refractivity contribution in [3.63, 3.8) is 0 Å². The van der Waals surface area contributed by atoms with Gasteiger partial charge in [-0.25, -0.2) is 0 Å². The van der Waals surface area contributed by atoms with E-state index in [9.17, 15) is 4.79 Å². The minimum absolute atomic E-state index is 0.270. The molecule has 0 aliphatic carbocycles. The van der Waals surface area contributed by atoms with Crippen molar-refractivity contribution >= 4 is 5.97 Å². The normalized spacial score (nSPS) is 25.1. The molecule has 1 fully saturated rings. The molecule has 1 rings (SSSR count). The van der Waals surface area contributed by atoms with Crippen LogP contribution in [0.2, 0.25) is 0 Å². The second-order valence-electron chi connectivity index (χ2n) is 4.49. The number of aliphatic carboxylic acids is 1. The smallest absolute Gasteiger partial charge is 0.303 e. The first-order valence-electron chi connectivity index (χ1n) is 5.71. The molecule has 0 amide bonds. The minimum atomic E-state index is -0.695. The number of nitrogens with zero attached hydrogens (tertiary/aromatic N) is 1. The molecule has 2 unspecified atom stereocenters. The first kappa shape index (κ1) is 12.5. The lowest BCUT2D eigenvalue weighted by Gasteiger charge is -2.34. The van der Waals surface area contributed by atoms with Crippen LogP contribution in [0.15, 0.2) is 0 Å². The summed E-state index contributed by atoms with van der Waals surface area (Å²) in [6, 6.07) is 0.351. The van der Waals surface area contributed by atoms with Gasteiger partial charge < -0.3 is 15.3 Å². The molecule has 0 aromatic carbocycles. The Balaban J connectivity index is 2.38. The third-order valence-electron chi connectivity index (χ3n) is 3.27. The molecular weight excluding hydrogens is 192 g/mol. The molecule has 2 atom stereocenters. The van der Waals surface area contributed by atoms with Crippen LogP contribution in [0.4, 0.5) is 0 Å². The van der Waals surface area contributed by atoms with Crippen molar-refractivity contribution in [2.45, 2.75) is 31.7 Å². The van der Waals surface area contributed by atoms with Crippen molar-refractivity contribution in [3.05, 3.63) is 0 Å². The average molecular weight is 214 g/mol. The van der Waals surface area contributed by atoms with Crippen LogP contribution in [0.1, 0.15) is 25.7 Å². The number of hydrogen-bond donors (Lipinski definition) is 2. The molecule has 0 aromatic heterocycles. The van der Waals surface area contributed by atoms with E-state index in [0.29, 0.717) is 12.0 Å². The summed E-state index contributed by atoms with van der Waals surface area (Å²) in [6.45, 7) is 2.26. The van der Waals surface area contributed by atoms with Gasteiger partial charge in [-0.15, -0.1) is 0 Å². The highest BCUT2D eigenvalue weighted by molar-refractivity contribution is 5.66. The predicted octanol–water partition coefficient (Wildman–Crippen LogP) is 0.781. The van der Waals surface area contributed by atoms with Crippen molar-refractivity contribution in [3.8, 4) is 0 Å². The Morgan fingerprint density at radius 1 is 1.67 bits per heavy atom. The van der Waals surface area contributed by atoms with Gasteiger partial charge in [0.15, 0.2) is 0 Å². The van der Waals surface area contributed by atoms with E-state index in [1.165, 1.54) is 19.4 Å². The van der Waals surface area contributed by atoms with Gasteiger partial charge in [-0.2, -0.15) is 0 Å². The molecule has 4 nitrogen and oxygen atoms in total. The Hall–Kier alpha value is -0.610. The highest BCUT2D eigenvalue weighted by atomic mass is 16.4. The summed E-state index contributed by atoms with van der Waals surface area (Å²) >= 11 is 0. The number of carboxylic acids is 1. The van der Waals surface area contributed by atoms with E-state index in [0.717, 1.165) is 13.0 Å². The average Bonchev–Trinajstić information content (AvgIpc) is 2.18. The Bertz CT molecular complexity index is 209. The fourth-order valence-electron chi connectivity index (χ4n) is 2.43. The summed E-state index contributed by atoms with van der Waals surface area (Å²) in [7, 11) is 4.07. The molecule has 1 saturated heterocycles. The highest BCUT2D eigenvalue weighted by Crippen LogP contribution is 2.21. The summed E-state index contributed by atoms with van der Waals surface area (Å²) in [4.78, 5) is 12.9. The first-order chi connectivity index (χ1) is 7.13. The highest BCUT2D eigenvalue weighted by Gasteiger charge is 2.24. The van der Waals surface area contributed by atoms with Gasteiger partial charge >= 0.3 is 5.97 Å². The zero-order chi connectivity index (χ0) is 11.3. The van der Waals surface area contributed by atoms with Crippen LogP contribution in [-0.2, 0) is 4.79 Å². The van der Waals surface area contributed by atoms with Crippen LogP contribution in [0.5, 0.6) is 0 Å². The quantitative estimate of drug-likeness (QED) is 0.710. The van der Waals surface area contributed by atoms with Crippen molar-refractivity contribution in [2.24, 2.45) is 5.92 Å². The van der Waals surface area contributed by atoms with Gasteiger partial charge in [0.2, 0.25) is 0 Å². The van der Waals surface area contributed by atoms with Crippen LogP contribution >= 0.6 is 0 Å². The fourth-order valence-corrected chi connectivity index (χ4v) is 2.43. The lowest BCUT2D eigenvalue weighted by Crippen LogP contribution is -2.43. The summed E-state index contributed by atoms with van der Waals surface area (Å²) in [5.41, 5.74) is 0. The van der Waals surface area contributed by atoms with E-state index in [-0.39, 0.29) is 6.42 Å². The van der Waals surface area contributed by atoms with Gasteiger partial charge in [-0.3, -0.25) is 4.79 Å². The molecule has 1 aliphatic rings. The largest absolute Gasteiger partial charge is 0.481 e. The van der Waals surface area contributed by atoms with E-state index >= 15 is 0 Å². The molecule has 0 radical (unpaired) electrons. The van der Waals surface area contributed by atoms with E-state index < -0.39 is 5.97 Å². The van der Waals surface area contributed by atoms with Crippen LogP contribution < -0.4 is 5.32 Å². The Kier molecular flexibility index (Phi) is 5.05. The molecule has 4 heteroatoms. The molecule has 88 valence electrons. The molecule has 0 spiro atoms. The lowest BCUT2D eigenvalue weighted by atomic mass is 9.88. The monoisotopic (exact) mass is 214 g/mol. The van der Waals surface area contributed by atoms with E-state index in [2.05, 4.69) is 17.3 Å². The first-order valence-corrected chi connectivity index (χ1v) is 5.71. The Labute approximate surface area is 91.6 Å². The second kappa shape index (κ2) is 6.08. The molecule has 2 N–H and O–H groups in total. The molecular formula is C11H22N2O2. The molecule has 1 aliphatic heterocycles. The van der Waals surface area contributed by atoms with E-state index in [1.54, 1.807) is 0 Å². The van der Waals surface area contributed by atoms with Crippen LogP contribution in [-0.4, -0.2) is 49.2 Å². The third kappa shape index (κ3) is 4.18. The second-order valence-corrected chi connectivity index (χ2v) is 4.49. The topological polar surface area (TPSA) is 52.6 Å². The van der Waals surface area contributed by atoms with Crippen molar-refractivity contribution in [2.75, 3.05) is 27.2 Å². The summed E-state index contributed by atoms with van der Waals surface area (Å²) in [6.07, 6.45) is 3.46. The molecule has 0 bridgehead atoms. The van der Waals surface area contributed by atoms with Crippen molar-refractivity contribution < 1.29 is 9.90 Å². The van der Waals surface area contributed by atoms with Gasteiger partial charge in [-0.1, -0.05) is 0 Å². The van der Waals surface area contributed by atoms with E-state index in [1.807, 2.05) is 7.05 Å². The Morgan fingerprint density at radius 2 is 2.40 bits per heavy atom. The third-order valence-corrected chi connectivity index (χ3v) is 3.27. The molecule has 0 aromatic rings. The van der Waals surface area contributed by atoms with Crippen molar-refractivity contribution in [1.29, 1.82) is 0 Å². The predicted molar refractivity (Wildman–Crippen MR) is 59.9 cm³/mol. The van der Waals surface area contributed by atoms with Gasteiger partial charge in [-0.05, 0) is 45.8 Å². The maximum atomic E-state index is 10.5. The number of rotatable bonds is 5. The molecule has 0 saturated carbocycles. The fraction of sp³-hybridized carbons (Fsp3) is 0.909. The summed E-state index contributed by atoms with van der Waals surface area (Å²) in [5.74, 6) is -0.0903. The van der Waals surface area contributed by atoms with Gasteiger partial charge in [0.1, 0.15) is 0 Å². The lowest BCUT2D eigenvalue weighted by molar-refractivity contribution is -0.137. The van der Waals surface area contributed by atoms with Gasteiger partial charge in [0, 0.05) is 19.0 Å². The van der Waals surface area contributed by atoms with Crippen LogP contribution in [0, 0.1) is 5.92 Å². The number of carbonyl (C=O) groups is 1. The maximum Gasteiger partial charge on any atom is 0.303 e. The number of piperidine rings is 1. The standard InChI is InChI=1S/C11H22N2O2/c1-12-10(5-6-11(14)15)9-4-3-7-13(2)8-9/h9-10,12H,3-8H2,1-2H3,(H,14,15). The molecule has 15 heavy (non-hydrogen) atoms. The zero-order valence-electron chi connectivity index (χ0n) is 9.70. The number of hydrogen-bond acceptors (Lipinski definition) is 3. The van der Waals surface area contributed by atoms with Crippen LogP contribution in [0.3, 0.4) is 0 Å². The summed E-state index contributed by atoms with van der Waals surface area (Å²) < 4.78 is 0. The van der Waals surface area contributed by atoms with E-state index in [4.69, 9.17) is 5.11 Å². The zero-order valence-corrected chi connectivity index (χ0v) is 9.70. The van der Waals surface area contributed by atoms with Gasteiger partial charge in [0.05, 0.1) is 0 Å². The number of nitrogens with one attached hydrogen (secondary N) is 1. The number of carboxylic acid groups (broad SMARTS) is 1. The van der Waals surface area contributed by atoms with Gasteiger partial charge in [0.25, 0.3) is 0 Å². The molecule has 1 heterocycles. The Morgan fingerprint density at radius 3 is 2.93 bits per heavy atom. The SMILES string of the molecule is CNC(CCC(=O)O)C1CCCN(C)C1. The number of likely N-dealkylation sites (tertiary alicyclic amines) is 1. The minimum Gasteiger partial charge on any atom is -0.481 e. The van der Waals surface area contributed by atoms with Crippen molar-refractivity contribution in [1.82, 2.24) is 10.2 Å².